The molecule has 1 aliphatic rings. The second kappa shape index (κ2) is 8.89. The van der Waals surface area contributed by atoms with Gasteiger partial charge in [-0.25, -0.2) is 22.0 Å². The first-order valence-electron chi connectivity index (χ1n) is 9.70. The molecular weight excluding hydrogens is 371 g/mol. The van der Waals surface area contributed by atoms with Gasteiger partial charge in [0.15, 0.2) is 29.1 Å². The Balaban J connectivity index is 1.64. The van der Waals surface area contributed by atoms with Gasteiger partial charge in [-0.2, -0.15) is 0 Å². The standard InChI is InChI=1S/C23H23F5/c1-2-3-17-10-11-18(22(27)21(17)26)16-8-6-14(7-9-16)4-5-15-12-19(24)23(28)20(25)13-15/h8,10-14H,2-7,9H2,1H3. The van der Waals surface area contributed by atoms with Crippen molar-refractivity contribution < 1.29 is 22.0 Å². The van der Waals surface area contributed by atoms with Crippen LogP contribution in [0, 0.1) is 35.0 Å². The number of allylic oxidation sites excluding steroid dienone is 2. The first-order valence-corrected chi connectivity index (χ1v) is 9.70. The van der Waals surface area contributed by atoms with E-state index in [2.05, 4.69) is 0 Å². The molecule has 0 saturated carbocycles. The minimum Gasteiger partial charge on any atom is -0.204 e. The molecule has 150 valence electrons. The van der Waals surface area contributed by atoms with E-state index in [1.807, 2.05) is 13.0 Å². The van der Waals surface area contributed by atoms with Crippen LogP contribution in [0.5, 0.6) is 0 Å². The highest BCUT2D eigenvalue weighted by molar-refractivity contribution is 5.67. The maximum absolute atomic E-state index is 14.4. The molecule has 0 spiro atoms. The summed E-state index contributed by atoms with van der Waals surface area (Å²) >= 11 is 0. The first-order chi connectivity index (χ1) is 13.4. The summed E-state index contributed by atoms with van der Waals surface area (Å²) in [5.41, 5.74) is 1.94. The molecule has 0 radical (unpaired) electrons. The molecule has 0 nitrogen and oxygen atoms in total. The molecule has 0 aliphatic heterocycles. The fraction of sp³-hybridized carbons (Fsp3) is 0.391. The van der Waals surface area contributed by atoms with Crippen molar-refractivity contribution in [2.45, 2.75) is 51.9 Å². The van der Waals surface area contributed by atoms with E-state index in [1.54, 1.807) is 12.1 Å². The lowest BCUT2D eigenvalue weighted by Gasteiger charge is -2.23. The van der Waals surface area contributed by atoms with E-state index in [0.29, 0.717) is 48.8 Å². The van der Waals surface area contributed by atoms with Crippen LogP contribution >= 0.6 is 0 Å². The third-order valence-electron chi connectivity index (χ3n) is 5.43. The van der Waals surface area contributed by atoms with Crippen LogP contribution in [0.2, 0.25) is 0 Å². The maximum atomic E-state index is 14.4. The van der Waals surface area contributed by atoms with Crippen molar-refractivity contribution in [1.82, 2.24) is 0 Å². The number of benzene rings is 2. The maximum Gasteiger partial charge on any atom is 0.194 e. The largest absolute Gasteiger partial charge is 0.204 e. The minimum atomic E-state index is -1.45. The third-order valence-corrected chi connectivity index (χ3v) is 5.43. The van der Waals surface area contributed by atoms with Gasteiger partial charge in [0.05, 0.1) is 0 Å². The van der Waals surface area contributed by atoms with Gasteiger partial charge in [-0.15, -0.1) is 0 Å². The van der Waals surface area contributed by atoms with E-state index in [9.17, 15) is 22.0 Å². The molecule has 5 heteroatoms. The Hall–Kier alpha value is -2.17. The van der Waals surface area contributed by atoms with E-state index in [-0.39, 0.29) is 5.92 Å². The number of hydrogen-bond acceptors (Lipinski definition) is 0. The molecule has 1 unspecified atom stereocenters. The van der Waals surface area contributed by atoms with Gasteiger partial charge in [-0.3, -0.25) is 0 Å². The monoisotopic (exact) mass is 394 g/mol. The van der Waals surface area contributed by atoms with Crippen molar-refractivity contribution in [1.29, 1.82) is 0 Å². The molecule has 2 aromatic rings. The van der Waals surface area contributed by atoms with Crippen molar-refractivity contribution in [3.8, 4) is 0 Å². The summed E-state index contributed by atoms with van der Waals surface area (Å²) in [6.45, 7) is 1.92. The summed E-state index contributed by atoms with van der Waals surface area (Å²) in [6.07, 6.45) is 6.43. The highest BCUT2D eigenvalue weighted by Crippen LogP contribution is 2.34. The predicted octanol–water partition coefficient (Wildman–Crippen LogP) is 7.15. The van der Waals surface area contributed by atoms with Crippen LogP contribution < -0.4 is 0 Å². The van der Waals surface area contributed by atoms with Gasteiger partial charge in [-0.05, 0) is 73.3 Å². The van der Waals surface area contributed by atoms with Gasteiger partial charge < -0.3 is 0 Å². The topological polar surface area (TPSA) is 0 Å². The number of aryl methyl sites for hydroxylation is 2. The second-order valence-corrected chi connectivity index (χ2v) is 7.43. The van der Waals surface area contributed by atoms with Crippen molar-refractivity contribution in [3.05, 3.63) is 76.1 Å². The van der Waals surface area contributed by atoms with E-state index >= 15 is 0 Å². The average Bonchev–Trinajstić information content (AvgIpc) is 2.69. The fourth-order valence-electron chi connectivity index (χ4n) is 3.82. The van der Waals surface area contributed by atoms with Crippen molar-refractivity contribution in [2.24, 2.45) is 5.92 Å². The zero-order valence-electron chi connectivity index (χ0n) is 15.8. The third kappa shape index (κ3) is 4.45. The Morgan fingerprint density at radius 1 is 0.893 bits per heavy atom. The lowest BCUT2D eigenvalue weighted by Crippen LogP contribution is -2.09. The summed E-state index contributed by atoms with van der Waals surface area (Å²) in [5, 5.41) is 0. The van der Waals surface area contributed by atoms with Crippen LogP contribution in [-0.2, 0) is 12.8 Å². The molecule has 0 aromatic heterocycles. The van der Waals surface area contributed by atoms with Crippen molar-refractivity contribution >= 4 is 5.57 Å². The van der Waals surface area contributed by atoms with Gasteiger partial charge in [0.1, 0.15) is 0 Å². The zero-order chi connectivity index (χ0) is 20.3. The Morgan fingerprint density at radius 3 is 2.21 bits per heavy atom. The van der Waals surface area contributed by atoms with Gasteiger partial charge in [0.25, 0.3) is 0 Å². The Bertz CT molecular complexity index is 862. The summed E-state index contributed by atoms with van der Waals surface area (Å²) in [4.78, 5) is 0. The van der Waals surface area contributed by atoms with E-state index in [0.717, 1.165) is 30.5 Å². The molecule has 0 N–H and O–H groups in total. The molecular formula is C23H23F5. The van der Waals surface area contributed by atoms with E-state index in [4.69, 9.17) is 0 Å². The van der Waals surface area contributed by atoms with Crippen LogP contribution in [-0.4, -0.2) is 0 Å². The summed E-state index contributed by atoms with van der Waals surface area (Å²) in [5.74, 6) is -5.06. The molecule has 0 saturated heterocycles. The molecule has 0 bridgehead atoms. The molecule has 0 amide bonds. The summed E-state index contributed by atoms with van der Waals surface area (Å²) < 4.78 is 68.2. The lowest BCUT2D eigenvalue weighted by molar-refractivity contribution is 0.435. The van der Waals surface area contributed by atoms with Crippen LogP contribution in [0.25, 0.3) is 5.57 Å². The number of halogens is 5. The molecule has 1 atom stereocenters. The van der Waals surface area contributed by atoms with E-state index in [1.165, 1.54) is 0 Å². The number of rotatable bonds is 6. The summed E-state index contributed by atoms with van der Waals surface area (Å²) in [6, 6.07) is 5.36. The molecule has 0 heterocycles. The highest BCUT2D eigenvalue weighted by atomic mass is 19.2. The van der Waals surface area contributed by atoms with Gasteiger partial charge in [0.2, 0.25) is 0 Å². The molecule has 2 aromatic carbocycles. The van der Waals surface area contributed by atoms with Crippen molar-refractivity contribution in [2.75, 3.05) is 0 Å². The SMILES string of the molecule is CCCc1ccc(C2=CCC(CCc3cc(F)c(F)c(F)c3)CC2)c(F)c1F. The Morgan fingerprint density at radius 2 is 1.61 bits per heavy atom. The van der Waals surface area contributed by atoms with Crippen LogP contribution in [0.3, 0.4) is 0 Å². The molecule has 3 rings (SSSR count). The Kier molecular flexibility index (Phi) is 6.53. The first kappa shape index (κ1) is 20.6. The second-order valence-electron chi connectivity index (χ2n) is 7.43. The smallest absolute Gasteiger partial charge is 0.194 e. The normalized spacial score (nSPS) is 16.9. The van der Waals surface area contributed by atoms with Crippen LogP contribution in [0.4, 0.5) is 22.0 Å². The fourth-order valence-corrected chi connectivity index (χ4v) is 3.82. The molecule has 1 aliphatic carbocycles. The van der Waals surface area contributed by atoms with Crippen molar-refractivity contribution in [3.63, 3.8) is 0 Å². The van der Waals surface area contributed by atoms with Gasteiger partial charge in [-0.1, -0.05) is 31.6 Å². The molecule has 28 heavy (non-hydrogen) atoms. The average molecular weight is 394 g/mol. The summed E-state index contributed by atoms with van der Waals surface area (Å²) in [7, 11) is 0. The van der Waals surface area contributed by atoms with E-state index < -0.39 is 29.1 Å². The van der Waals surface area contributed by atoms with Gasteiger partial charge in [0, 0.05) is 5.56 Å². The highest BCUT2D eigenvalue weighted by Gasteiger charge is 2.21. The Labute approximate surface area is 162 Å². The number of hydrogen-bond donors (Lipinski definition) is 0. The molecule has 0 fully saturated rings. The predicted molar refractivity (Wildman–Crippen MR) is 100 cm³/mol. The van der Waals surface area contributed by atoms with Crippen LogP contribution in [0.15, 0.2) is 30.3 Å². The van der Waals surface area contributed by atoms with Crippen LogP contribution in [0.1, 0.15) is 55.7 Å². The minimum absolute atomic E-state index is 0.284. The zero-order valence-corrected chi connectivity index (χ0v) is 15.8. The lowest BCUT2D eigenvalue weighted by atomic mass is 9.83. The van der Waals surface area contributed by atoms with Gasteiger partial charge >= 0.3 is 0 Å². The quantitative estimate of drug-likeness (QED) is 0.360.